The Labute approximate surface area is 329 Å². The Balaban J connectivity index is 0.000000204. The molecule has 0 fully saturated rings. The molecule has 0 radical (unpaired) electrons. The van der Waals surface area contributed by atoms with E-state index < -0.39 is 43.5 Å². The molecule has 6 aromatic rings. The summed E-state index contributed by atoms with van der Waals surface area (Å²) < 4.78 is 89.0. The average Bonchev–Trinajstić information content (AvgIpc) is 3.64. The second-order valence-corrected chi connectivity index (χ2v) is 17.3. The van der Waals surface area contributed by atoms with Crippen LogP contribution in [0.5, 0.6) is 0 Å². The van der Waals surface area contributed by atoms with Crippen LogP contribution in [-0.2, 0) is 20.0 Å². The van der Waals surface area contributed by atoms with E-state index in [1.165, 1.54) is 69.7 Å². The predicted molar refractivity (Wildman–Crippen MR) is 213 cm³/mol. The molecule has 0 saturated heterocycles. The first-order valence-electron chi connectivity index (χ1n) is 15.0. The molecule has 20 heteroatoms. The zero-order valence-electron chi connectivity index (χ0n) is 28.2. The summed E-state index contributed by atoms with van der Waals surface area (Å²) >= 11 is 3.87. The number of sulfonamides is 2. The Morgan fingerprint density at radius 1 is 0.717 bits per heavy atom. The van der Waals surface area contributed by atoms with Gasteiger partial charge in [0.25, 0.3) is 11.8 Å². The van der Waals surface area contributed by atoms with Crippen LogP contribution in [0.25, 0.3) is 44.8 Å². The van der Waals surface area contributed by atoms with Crippen molar-refractivity contribution in [2.45, 2.75) is 0 Å². The van der Waals surface area contributed by atoms with Crippen molar-refractivity contribution in [3.05, 3.63) is 90.6 Å². The molecular weight excluding hydrogens is 964 g/mol. The Morgan fingerprint density at radius 3 is 1.53 bits per heavy atom. The van der Waals surface area contributed by atoms with E-state index in [9.17, 15) is 35.2 Å². The molecule has 0 bridgehead atoms. The topological polar surface area (TPSA) is 194 Å². The molecule has 6 rings (SSSR count). The van der Waals surface area contributed by atoms with Gasteiger partial charge in [0.15, 0.2) is 11.6 Å². The molecule has 4 heterocycles. The van der Waals surface area contributed by atoms with Gasteiger partial charge >= 0.3 is 0 Å². The summed E-state index contributed by atoms with van der Waals surface area (Å²) in [7, 11) is -2.70. The van der Waals surface area contributed by atoms with Gasteiger partial charge in [0.05, 0.1) is 41.6 Å². The fraction of sp³-hybridized carbons (Fsp3) is 0.152. The maximum atomic E-state index is 13.3. The van der Waals surface area contributed by atoms with Crippen LogP contribution in [-0.4, -0.2) is 72.3 Å². The number of furan rings is 2. The zero-order chi connectivity index (χ0) is 39.0. The maximum Gasteiger partial charge on any atom is 0.255 e. The van der Waals surface area contributed by atoms with Crippen molar-refractivity contribution >= 4 is 111 Å². The van der Waals surface area contributed by atoms with Crippen molar-refractivity contribution in [3.8, 4) is 22.6 Å². The zero-order valence-corrected chi connectivity index (χ0v) is 34.2. The summed E-state index contributed by atoms with van der Waals surface area (Å²) in [4.78, 5) is 33.3. The minimum atomic E-state index is -3.53. The molecule has 0 saturated carbocycles. The van der Waals surface area contributed by atoms with E-state index in [0.29, 0.717) is 29.0 Å². The quantitative estimate of drug-likeness (QED) is 0.153. The van der Waals surface area contributed by atoms with Crippen molar-refractivity contribution in [3.63, 3.8) is 0 Å². The Morgan fingerprint density at radius 2 is 1.13 bits per heavy atom. The number of benzene rings is 2. The summed E-state index contributed by atoms with van der Waals surface area (Å²) in [5.41, 5.74) is 1.69. The summed E-state index contributed by atoms with van der Waals surface area (Å²) in [5.74, 6) is -0.887. The van der Waals surface area contributed by atoms with Crippen LogP contribution in [0.3, 0.4) is 0 Å². The van der Waals surface area contributed by atoms with Crippen molar-refractivity contribution < 1.29 is 44.0 Å². The van der Waals surface area contributed by atoms with Crippen LogP contribution in [0.15, 0.2) is 69.5 Å². The molecule has 0 atom stereocenters. The molecule has 0 spiro atoms. The molecule has 0 aliphatic carbocycles. The highest BCUT2D eigenvalue weighted by atomic mass is 127. The third kappa shape index (κ3) is 8.70. The molecular formula is C33H28F2I2N6O8S2. The largest absolute Gasteiger partial charge is 0.437 e. The number of halogens is 4. The highest BCUT2D eigenvalue weighted by Crippen LogP contribution is 2.37. The number of anilines is 2. The Kier molecular flexibility index (Phi) is 11.6. The molecule has 2 amide bonds. The third-order valence-electron chi connectivity index (χ3n) is 7.45. The van der Waals surface area contributed by atoms with E-state index in [1.54, 1.807) is 12.1 Å². The number of aromatic nitrogens is 2. The summed E-state index contributed by atoms with van der Waals surface area (Å²) in [6.45, 7) is 0. The molecule has 53 heavy (non-hydrogen) atoms. The molecule has 0 aliphatic rings. The van der Waals surface area contributed by atoms with Gasteiger partial charge in [-0.1, -0.05) is 0 Å². The van der Waals surface area contributed by atoms with Gasteiger partial charge in [0.2, 0.25) is 31.5 Å². The van der Waals surface area contributed by atoms with E-state index in [4.69, 9.17) is 8.83 Å². The van der Waals surface area contributed by atoms with Gasteiger partial charge in [-0.15, -0.1) is 0 Å². The van der Waals surface area contributed by atoms with E-state index >= 15 is 0 Å². The Hall–Kier alpha value is -4.42. The van der Waals surface area contributed by atoms with Crippen LogP contribution in [0.1, 0.15) is 20.7 Å². The van der Waals surface area contributed by atoms with E-state index in [-0.39, 0.29) is 45.7 Å². The molecule has 4 aromatic heterocycles. The van der Waals surface area contributed by atoms with Crippen molar-refractivity contribution in [2.75, 3.05) is 42.7 Å². The third-order valence-corrected chi connectivity index (χ3v) is 10.8. The van der Waals surface area contributed by atoms with Crippen LogP contribution < -0.4 is 19.7 Å². The standard InChI is InChI=1S/C17H15FIN3O4S.C16H13FIN3O4S/c1-20-16(23)13-11-8-12(19)15(22(2)27(3,24)25)21-17(11)26-14(13)9-4-6-10(18)7-5-9;1-19-15(22)12-10-7-11(18)14(21-26(2,23)24)20-16(10)25-13(12)8-3-5-9(17)6-4-8/h4-8H,1-3H3,(H,20,23);3-7H,1-2H3,(H,19,22)(H,20,21). The first-order chi connectivity index (χ1) is 24.8. The fourth-order valence-electron chi connectivity index (χ4n) is 4.92. The number of hydrogen-bond donors (Lipinski definition) is 3. The normalized spacial score (nSPS) is 11.6. The first-order valence-corrected chi connectivity index (χ1v) is 20.9. The molecule has 14 nitrogen and oxygen atoms in total. The number of rotatable bonds is 8. The highest BCUT2D eigenvalue weighted by Gasteiger charge is 2.27. The summed E-state index contributed by atoms with van der Waals surface area (Å²) in [6, 6.07) is 14.2. The minimum absolute atomic E-state index is 0.0921. The summed E-state index contributed by atoms with van der Waals surface area (Å²) in [6.07, 6.45) is 2.08. The molecule has 278 valence electrons. The van der Waals surface area contributed by atoms with Gasteiger partial charge in [0.1, 0.15) is 23.2 Å². The van der Waals surface area contributed by atoms with E-state index in [1.807, 2.05) is 45.2 Å². The van der Waals surface area contributed by atoms with Crippen LogP contribution in [0.2, 0.25) is 0 Å². The number of fused-ring (bicyclic) bond motifs is 2. The van der Waals surface area contributed by atoms with Crippen molar-refractivity contribution in [2.24, 2.45) is 0 Å². The molecule has 0 unspecified atom stereocenters. The fourth-order valence-corrected chi connectivity index (χ4v) is 7.59. The average molecular weight is 993 g/mol. The smallest absolute Gasteiger partial charge is 0.255 e. The SMILES string of the molecule is CNC(=O)c1c(-c2ccc(F)cc2)oc2nc(N(C)S(C)(=O)=O)c(I)cc12.CNC(=O)c1c(-c2ccc(F)cc2)oc2nc(NS(C)(=O)=O)c(I)cc12. The Bertz CT molecular complexity index is 2620. The highest BCUT2D eigenvalue weighted by molar-refractivity contribution is 14.1. The number of carbonyl (C=O) groups is 2. The van der Waals surface area contributed by atoms with Gasteiger partial charge in [-0.25, -0.2) is 25.6 Å². The lowest BCUT2D eigenvalue weighted by Gasteiger charge is -2.16. The monoisotopic (exact) mass is 992 g/mol. The van der Waals surface area contributed by atoms with Crippen molar-refractivity contribution in [1.82, 2.24) is 20.6 Å². The van der Waals surface area contributed by atoms with Gasteiger partial charge in [-0.05, 0) is 106 Å². The molecule has 0 aliphatic heterocycles. The molecule has 2 aromatic carbocycles. The van der Waals surface area contributed by atoms with Gasteiger partial charge in [0, 0.05) is 32.3 Å². The van der Waals surface area contributed by atoms with Crippen LogP contribution in [0, 0.1) is 18.8 Å². The van der Waals surface area contributed by atoms with Crippen LogP contribution in [0.4, 0.5) is 20.4 Å². The first kappa shape index (κ1) is 39.8. The number of carbonyl (C=O) groups excluding carboxylic acids is 2. The van der Waals surface area contributed by atoms with E-state index in [0.717, 1.165) is 16.8 Å². The second kappa shape index (κ2) is 15.5. The maximum absolute atomic E-state index is 13.3. The van der Waals surface area contributed by atoms with Crippen molar-refractivity contribution in [1.29, 1.82) is 0 Å². The number of pyridine rings is 2. The van der Waals surface area contributed by atoms with Crippen LogP contribution >= 0.6 is 45.2 Å². The number of nitrogens with zero attached hydrogens (tertiary/aromatic N) is 3. The van der Waals surface area contributed by atoms with Gasteiger partial charge < -0.3 is 19.5 Å². The predicted octanol–water partition coefficient (Wildman–Crippen LogP) is 5.96. The second-order valence-electron chi connectivity index (χ2n) is 11.2. The number of nitrogens with one attached hydrogen (secondary N) is 3. The van der Waals surface area contributed by atoms with Gasteiger partial charge in [-0.2, -0.15) is 9.97 Å². The molecule has 3 N–H and O–H groups in total. The number of hydrogen-bond acceptors (Lipinski definition) is 10. The lowest BCUT2D eigenvalue weighted by Crippen LogP contribution is -2.26. The van der Waals surface area contributed by atoms with E-state index in [2.05, 4.69) is 25.3 Å². The lowest BCUT2D eigenvalue weighted by molar-refractivity contribution is 0.0956. The number of amides is 2. The van der Waals surface area contributed by atoms with Gasteiger partial charge in [-0.3, -0.25) is 18.6 Å². The lowest BCUT2D eigenvalue weighted by atomic mass is 10.1. The summed E-state index contributed by atoms with van der Waals surface area (Å²) in [5, 5.41) is 5.95. The minimum Gasteiger partial charge on any atom is -0.437 e.